The number of rotatable bonds is 8. The minimum Gasteiger partial charge on any atom is -0.507 e. The van der Waals surface area contributed by atoms with Crippen LogP contribution in [-0.2, 0) is 20.2 Å². The van der Waals surface area contributed by atoms with E-state index in [2.05, 4.69) is 0 Å². The van der Waals surface area contributed by atoms with Crippen molar-refractivity contribution in [2.24, 2.45) is 0 Å². The fraction of sp³-hybridized carbons (Fsp3) is 0. The van der Waals surface area contributed by atoms with Crippen LogP contribution < -0.4 is 4.74 Å². The molecule has 0 heterocycles. The summed E-state index contributed by atoms with van der Waals surface area (Å²) >= 11 is 0. The zero-order valence-electron chi connectivity index (χ0n) is 19.5. The third kappa shape index (κ3) is 6.13. The second-order valence-electron chi connectivity index (χ2n) is 8.12. The summed E-state index contributed by atoms with van der Waals surface area (Å²) < 4.78 is 69.8. The van der Waals surface area contributed by atoms with E-state index < -0.39 is 53.1 Å². The maximum atomic E-state index is 13.0. The second-order valence-corrected chi connectivity index (χ2v) is 11.0. The van der Waals surface area contributed by atoms with Gasteiger partial charge in [0.25, 0.3) is 20.2 Å². The van der Waals surface area contributed by atoms with Gasteiger partial charge in [-0.25, -0.2) is 0 Å². The number of hydrogen-bond acceptors (Lipinski definition) is 9. The van der Waals surface area contributed by atoms with Crippen LogP contribution in [0.3, 0.4) is 0 Å². The van der Waals surface area contributed by atoms with Gasteiger partial charge < -0.3 is 14.9 Å². The molecule has 4 aromatic rings. The monoisotopic (exact) mass is 570 g/mol. The third-order valence-corrected chi connectivity index (χ3v) is 7.15. The van der Waals surface area contributed by atoms with Gasteiger partial charge in [-0.15, -0.1) is 0 Å². The summed E-state index contributed by atoms with van der Waals surface area (Å²) in [5, 5.41) is 20.5. The van der Waals surface area contributed by atoms with Crippen LogP contribution >= 0.6 is 0 Å². The quantitative estimate of drug-likeness (QED) is 0.178. The fourth-order valence-electron chi connectivity index (χ4n) is 3.56. The molecule has 0 saturated carbocycles. The number of ketones is 2. The lowest BCUT2D eigenvalue weighted by Crippen LogP contribution is -2.06. The molecule has 0 fully saturated rings. The highest BCUT2D eigenvalue weighted by Crippen LogP contribution is 2.32. The molecular weight excluding hydrogens is 552 g/mol. The summed E-state index contributed by atoms with van der Waals surface area (Å²) in [7, 11) is -9.15. The van der Waals surface area contributed by atoms with Gasteiger partial charge in [-0.2, -0.15) is 16.8 Å². The van der Waals surface area contributed by atoms with Crippen LogP contribution in [0.15, 0.2) is 94.7 Å². The topological polar surface area (TPSA) is 193 Å². The van der Waals surface area contributed by atoms with Crippen LogP contribution in [0.25, 0.3) is 0 Å². The SMILES string of the molecule is O=C(c1cccc(S(=O)(=O)O)c1)c1cc(Oc2ccc(O)c(C(=O)c3cccc(S(=O)(=O)O)c3)c2)ccc1O. The van der Waals surface area contributed by atoms with E-state index in [4.69, 9.17) is 4.74 Å². The first-order valence-electron chi connectivity index (χ1n) is 10.8. The van der Waals surface area contributed by atoms with Crippen LogP contribution in [0.4, 0.5) is 0 Å². The summed E-state index contributed by atoms with van der Waals surface area (Å²) in [5.41, 5.74) is -0.779. The molecule has 4 N–H and O–H groups in total. The van der Waals surface area contributed by atoms with Crippen molar-refractivity contribution in [2.75, 3.05) is 0 Å². The first kappa shape index (κ1) is 27.5. The van der Waals surface area contributed by atoms with Gasteiger partial charge in [0.1, 0.15) is 23.0 Å². The molecular formula is C26H18O11S2. The van der Waals surface area contributed by atoms with E-state index in [0.717, 1.165) is 36.4 Å². The molecule has 13 heteroatoms. The summed E-state index contributed by atoms with van der Waals surface area (Å²) in [6, 6.07) is 16.4. The molecule has 0 aliphatic heterocycles. The zero-order chi connectivity index (χ0) is 28.5. The van der Waals surface area contributed by atoms with Gasteiger partial charge in [-0.05, 0) is 60.7 Å². The average Bonchev–Trinajstić information content (AvgIpc) is 2.89. The number of phenolic OH excluding ortho intramolecular Hbond substituents is 2. The minimum absolute atomic E-state index is 0.0274. The van der Waals surface area contributed by atoms with Crippen LogP contribution in [-0.4, -0.2) is 47.7 Å². The normalized spacial score (nSPS) is 11.6. The Bertz CT molecular complexity index is 1710. The van der Waals surface area contributed by atoms with Crippen LogP contribution in [0.5, 0.6) is 23.0 Å². The molecule has 0 bridgehead atoms. The van der Waals surface area contributed by atoms with Gasteiger partial charge in [0.2, 0.25) is 0 Å². The van der Waals surface area contributed by atoms with Crippen molar-refractivity contribution >= 4 is 31.8 Å². The Morgan fingerprint density at radius 2 is 0.949 bits per heavy atom. The second kappa shape index (κ2) is 10.3. The lowest BCUT2D eigenvalue weighted by molar-refractivity contribution is 0.102. The van der Waals surface area contributed by atoms with E-state index in [9.17, 15) is 45.7 Å². The van der Waals surface area contributed by atoms with Crippen molar-refractivity contribution < 1.29 is 50.5 Å². The Morgan fingerprint density at radius 3 is 1.31 bits per heavy atom. The number of carbonyl (C=O) groups excluding carboxylic acids is 2. The van der Waals surface area contributed by atoms with Gasteiger partial charge in [0.15, 0.2) is 11.6 Å². The highest BCUT2D eigenvalue weighted by Gasteiger charge is 2.20. The van der Waals surface area contributed by atoms with Gasteiger partial charge in [0, 0.05) is 11.1 Å². The number of ether oxygens (including phenoxy) is 1. The molecule has 0 aliphatic carbocycles. The summed E-state index contributed by atoms with van der Waals surface area (Å²) in [5.74, 6) is -2.37. The van der Waals surface area contributed by atoms with Crippen LogP contribution in [0, 0.1) is 0 Å². The van der Waals surface area contributed by atoms with Crippen LogP contribution in [0.1, 0.15) is 31.8 Å². The molecule has 0 radical (unpaired) electrons. The predicted octanol–water partition coefficient (Wildman–Crippen LogP) is 3.85. The van der Waals surface area contributed by atoms with Gasteiger partial charge in [-0.1, -0.05) is 24.3 Å². The summed E-state index contributed by atoms with van der Waals surface area (Å²) in [6.07, 6.45) is 0. The Balaban J connectivity index is 1.65. The Labute approximate surface area is 222 Å². The van der Waals surface area contributed by atoms with E-state index in [1.807, 2.05) is 0 Å². The average molecular weight is 571 g/mol. The smallest absolute Gasteiger partial charge is 0.294 e. The summed E-state index contributed by atoms with van der Waals surface area (Å²) in [4.78, 5) is 24.9. The molecule has 0 amide bonds. The number of hydrogen-bond donors (Lipinski definition) is 4. The molecule has 39 heavy (non-hydrogen) atoms. The first-order chi connectivity index (χ1) is 18.2. The van der Waals surface area contributed by atoms with Gasteiger partial charge in [0.05, 0.1) is 20.9 Å². The highest BCUT2D eigenvalue weighted by atomic mass is 32.2. The molecule has 0 unspecified atom stereocenters. The number of phenols is 2. The minimum atomic E-state index is -4.57. The van der Waals surface area contributed by atoms with E-state index in [1.54, 1.807) is 0 Å². The Morgan fingerprint density at radius 1 is 0.564 bits per heavy atom. The number of aromatic hydroxyl groups is 2. The standard InChI is InChI=1S/C26H18O11S2/c27-23-9-7-17(13-21(23)25(29)15-3-1-5-19(11-15)38(31,32)33)37-18-8-10-24(28)22(14-18)26(30)16-4-2-6-20(12-16)39(34,35)36/h1-14,27-28H,(H,31,32,33)(H,34,35,36). The molecule has 4 aromatic carbocycles. The largest absolute Gasteiger partial charge is 0.507 e. The van der Waals surface area contributed by atoms with Gasteiger partial charge >= 0.3 is 0 Å². The third-order valence-electron chi connectivity index (χ3n) is 5.45. The number of carbonyl (C=O) groups is 2. The van der Waals surface area contributed by atoms with E-state index >= 15 is 0 Å². The van der Waals surface area contributed by atoms with E-state index in [-0.39, 0.29) is 33.8 Å². The Kier molecular flexibility index (Phi) is 7.26. The van der Waals surface area contributed by atoms with Crippen molar-refractivity contribution in [1.82, 2.24) is 0 Å². The van der Waals surface area contributed by atoms with Crippen molar-refractivity contribution in [3.8, 4) is 23.0 Å². The van der Waals surface area contributed by atoms with Crippen molar-refractivity contribution in [2.45, 2.75) is 9.79 Å². The predicted molar refractivity (Wildman–Crippen MR) is 136 cm³/mol. The molecule has 0 aliphatic rings. The first-order valence-corrected chi connectivity index (χ1v) is 13.7. The lowest BCUT2D eigenvalue weighted by Gasteiger charge is -2.11. The fourth-order valence-corrected chi connectivity index (χ4v) is 4.62. The maximum absolute atomic E-state index is 13.0. The molecule has 0 aromatic heterocycles. The van der Waals surface area contributed by atoms with Gasteiger partial charge in [-0.3, -0.25) is 18.7 Å². The lowest BCUT2D eigenvalue weighted by atomic mass is 10.0. The molecule has 4 rings (SSSR count). The van der Waals surface area contributed by atoms with Crippen molar-refractivity contribution in [3.05, 3.63) is 107 Å². The molecule has 0 spiro atoms. The maximum Gasteiger partial charge on any atom is 0.294 e. The van der Waals surface area contributed by atoms with E-state index in [0.29, 0.717) is 0 Å². The molecule has 0 saturated heterocycles. The molecule has 200 valence electrons. The highest BCUT2D eigenvalue weighted by molar-refractivity contribution is 7.86. The zero-order valence-corrected chi connectivity index (χ0v) is 21.2. The van der Waals surface area contributed by atoms with Crippen LogP contribution in [0.2, 0.25) is 0 Å². The molecule has 11 nitrogen and oxygen atoms in total. The molecule has 0 atom stereocenters. The summed E-state index contributed by atoms with van der Waals surface area (Å²) in [6.45, 7) is 0. The Hall–Kier alpha value is -4.56. The van der Waals surface area contributed by atoms with E-state index in [1.165, 1.54) is 48.5 Å². The van der Waals surface area contributed by atoms with Crippen molar-refractivity contribution in [1.29, 1.82) is 0 Å². The van der Waals surface area contributed by atoms with Crippen molar-refractivity contribution in [3.63, 3.8) is 0 Å². The number of benzene rings is 4.